The quantitative estimate of drug-likeness (QED) is 0.375. The van der Waals surface area contributed by atoms with Gasteiger partial charge in [-0.25, -0.2) is 13.8 Å². The number of aromatic nitrogens is 3. The Hall–Kier alpha value is -3.36. The van der Waals surface area contributed by atoms with E-state index in [0.29, 0.717) is 38.7 Å². The Labute approximate surface area is 250 Å². The molecule has 2 atom stereocenters. The minimum atomic E-state index is -4.93. The molecule has 3 saturated heterocycles. The molecule has 3 aliphatic heterocycles. The monoisotopic (exact) mass is 619 g/mol. The van der Waals surface area contributed by atoms with Crippen LogP contribution in [0.3, 0.4) is 0 Å². The van der Waals surface area contributed by atoms with Crippen molar-refractivity contribution in [3.63, 3.8) is 0 Å². The molecular formula is C30H34F5N7O2. The van der Waals surface area contributed by atoms with Gasteiger partial charge in [0.15, 0.2) is 5.82 Å². The molecule has 4 aliphatic rings. The normalized spacial score (nSPS) is 23.4. The van der Waals surface area contributed by atoms with Crippen LogP contribution in [-0.2, 0) is 10.9 Å². The number of rotatable bonds is 7. The van der Waals surface area contributed by atoms with Gasteiger partial charge in [-0.1, -0.05) is 0 Å². The lowest BCUT2D eigenvalue weighted by Crippen LogP contribution is -2.51. The second-order valence-electron chi connectivity index (χ2n) is 12.6. The largest absolute Gasteiger partial charge is 0.463 e. The van der Waals surface area contributed by atoms with E-state index in [2.05, 4.69) is 25.2 Å². The molecule has 5 heterocycles. The van der Waals surface area contributed by atoms with Crippen molar-refractivity contribution < 1.29 is 31.4 Å². The summed E-state index contributed by atoms with van der Waals surface area (Å²) in [6.07, 6.45) is -1.10. The van der Waals surface area contributed by atoms with Gasteiger partial charge in [-0.3, -0.25) is 4.90 Å². The topological polar surface area (TPSA) is 102 Å². The first kappa shape index (κ1) is 29.4. The Bertz CT molecular complexity index is 1580. The molecule has 44 heavy (non-hydrogen) atoms. The Morgan fingerprint density at radius 3 is 2.43 bits per heavy atom. The molecule has 0 radical (unpaired) electrons. The second kappa shape index (κ2) is 10.9. The van der Waals surface area contributed by atoms with E-state index in [1.165, 1.54) is 6.92 Å². The van der Waals surface area contributed by atoms with E-state index in [-0.39, 0.29) is 45.8 Å². The van der Waals surface area contributed by atoms with Gasteiger partial charge in [0.2, 0.25) is 0 Å². The van der Waals surface area contributed by atoms with E-state index in [1.54, 1.807) is 0 Å². The van der Waals surface area contributed by atoms with Gasteiger partial charge in [0, 0.05) is 55.6 Å². The van der Waals surface area contributed by atoms with Crippen molar-refractivity contribution in [1.29, 1.82) is 0 Å². The summed E-state index contributed by atoms with van der Waals surface area (Å²) >= 11 is 0. The lowest BCUT2D eigenvalue weighted by atomic mass is 9.98. The summed E-state index contributed by atoms with van der Waals surface area (Å²) in [6, 6.07) is 2.30. The molecule has 1 saturated carbocycles. The average molecular weight is 620 g/mol. The van der Waals surface area contributed by atoms with Crippen molar-refractivity contribution in [1.82, 2.24) is 25.2 Å². The molecule has 14 heteroatoms. The molecular weight excluding hydrogens is 585 g/mol. The van der Waals surface area contributed by atoms with E-state index in [4.69, 9.17) is 15.2 Å². The van der Waals surface area contributed by atoms with Crippen LogP contribution >= 0.6 is 0 Å². The number of hydrogen-bond acceptors (Lipinski definition) is 9. The van der Waals surface area contributed by atoms with Crippen molar-refractivity contribution >= 4 is 22.5 Å². The third-order valence-corrected chi connectivity index (χ3v) is 9.24. The van der Waals surface area contributed by atoms with Gasteiger partial charge in [0.25, 0.3) is 0 Å². The van der Waals surface area contributed by atoms with Crippen LogP contribution in [0.4, 0.5) is 33.6 Å². The summed E-state index contributed by atoms with van der Waals surface area (Å²) in [5.74, 6) is -2.48. The van der Waals surface area contributed by atoms with Crippen LogP contribution in [0.5, 0.6) is 6.01 Å². The lowest BCUT2D eigenvalue weighted by molar-refractivity contribution is -0.137. The third-order valence-electron chi connectivity index (χ3n) is 9.24. The number of anilines is 2. The molecule has 0 spiro atoms. The number of halogens is 5. The number of pyridine rings is 1. The van der Waals surface area contributed by atoms with E-state index in [0.717, 1.165) is 57.5 Å². The molecule has 2 aromatic heterocycles. The molecule has 3 N–H and O–H groups in total. The Kier molecular flexibility index (Phi) is 7.28. The Morgan fingerprint density at radius 1 is 1.07 bits per heavy atom. The number of nitrogen functional groups attached to an aromatic ring is 1. The van der Waals surface area contributed by atoms with Crippen molar-refractivity contribution in [3.05, 3.63) is 34.9 Å². The fourth-order valence-electron chi connectivity index (χ4n) is 6.87. The molecule has 4 fully saturated rings. The number of piperazine rings is 1. The zero-order valence-corrected chi connectivity index (χ0v) is 24.3. The molecule has 3 aromatic rings. The predicted octanol–water partition coefficient (Wildman–Crippen LogP) is 4.31. The van der Waals surface area contributed by atoms with Crippen LogP contribution in [0.2, 0.25) is 0 Å². The van der Waals surface area contributed by atoms with Crippen LogP contribution in [0.25, 0.3) is 22.2 Å². The summed E-state index contributed by atoms with van der Waals surface area (Å²) in [7, 11) is 0. The van der Waals surface area contributed by atoms with Crippen LogP contribution in [0.15, 0.2) is 12.1 Å². The van der Waals surface area contributed by atoms with Crippen molar-refractivity contribution in [2.24, 2.45) is 5.41 Å². The standard InChI is InChI=1S/C30H34F5N7O2/c1-16-10-21(36)38-26(23(16)30(33,34)35)22-20(31)11-19-25(24(22)32)39-28(40-27(19)42-12-17-2-3-18(13-42)37-17)44-15-29(4-5-29)14-41-6-8-43-9-7-41/h10-11,17-18,37H,2-9,12-15H2,1H3,(H2,36,38). The maximum Gasteiger partial charge on any atom is 0.418 e. The molecule has 0 amide bonds. The van der Waals surface area contributed by atoms with Crippen LogP contribution < -0.4 is 20.7 Å². The summed E-state index contributed by atoms with van der Waals surface area (Å²) in [5, 5.41) is 3.58. The summed E-state index contributed by atoms with van der Waals surface area (Å²) in [4.78, 5) is 17.0. The Morgan fingerprint density at radius 2 is 1.77 bits per heavy atom. The first-order valence-electron chi connectivity index (χ1n) is 15.0. The number of fused-ring (bicyclic) bond motifs is 3. The van der Waals surface area contributed by atoms with Crippen molar-refractivity contribution in [3.8, 4) is 17.3 Å². The first-order chi connectivity index (χ1) is 21.0. The average Bonchev–Trinajstić information content (AvgIpc) is 3.65. The molecule has 7 rings (SSSR count). The minimum Gasteiger partial charge on any atom is -0.463 e. The number of aryl methyl sites for hydroxylation is 1. The maximum absolute atomic E-state index is 16.5. The van der Waals surface area contributed by atoms with Gasteiger partial charge in [-0.15, -0.1) is 0 Å². The van der Waals surface area contributed by atoms with Crippen molar-refractivity contribution in [2.45, 2.75) is 50.9 Å². The number of ether oxygens (including phenoxy) is 2. The molecule has 1 aromatic carbocycles. The number of hydrogen-bond donors (Lipinski definition) is 2. The maximum atomic E-state index is 16.5. The number of benzene rings is 1. The minimum absolute atomic E-state index is 0.0565. The Balaban J connectivity index is 1.32. The highest BCUT2D eigenvalue weighted by Gasteiger charge is 2.45. The van der Waals surface area contributed by atoms with E-state index in [1.807, 2.05) is 4.90 Å². The second-order valence-corrected chi connectivity index (χ2v) is 12.6. The fraction of sp³-hybridized carbons (Fsp3) is 0.567. The fourth-order valence-corrected chi connectivity index (χ4v) is 6.87. The highest BCUT2D eigenvalue weighted by atomic mass is 19.4. The molecule has 1 aliphatic carbocycles. The van der Waals surface area contributed by atoms with E-state index < -0.39 is 34.6 Å². The van der Waals surface area contributed by atoms with Gasteiger partial charge in [0.05, 0.1) is 36.6 Å². The lowest BCUT2D eigenvalue weighted by Gasteiger charge is -2.34. The van der Waals surface area contributed by atoms with Gasteiger partial charge >= 0.3 is 12.2 Å². The number of alkyl halides is 3. The van der Waals surface area contributed by atoms with E-state index in [9.17, 15) is 13.2 Å². The number of nitrogens with zero attached hydrogens (tertiary/aromatic N) is 5. The van der Waals surface area contributed by atoms with E-state index >= 15 is 8.78 Å². The third kappa shape index (κ3) is 5.51. The summed E-state index contributed by atoms with van der Waals surface area (Å²) in [5.41, 5.74) is 1.92. The van der Waals surface area contributed by atoms with Gasteiger partial charge in [-0.2, -0.15) is 23.1 Å². The number of nitrogens with two attached hydrogens (primary N) is 1. The number of nitrogens with one attached hydrogen (secondary N) is 1. The van der Waals surface area contributed by atoms with Gasteiger partial charge in [0.1, 0.15) is 23.0 Å². The van der Waals surface area contributed by atoms with Gasteiger partial charge in [-0.05, 0) is 50.3 Å². The SMILES string of the molecule is Cc1cc(N)nc(-c2c(F)cc3c(N4CC5CCC(C4)N5)nc(OCC4(CN5CCOCC5)CC4)nc3c2F)c1C(F)(F)F. The zero-order valence-electron chi connectivity index (χ0n) is 24.3. The first-order valence-corrected chi connectivity index (χ1v) is 15.0. The van der Waals surface area contributed by atoms with Gasteiger partial charge < -0.3 is 25.4 Å². The summed E-state index contributed by atoms with van der Waals surface area (Å²) < 4.78 is 86.3. The van der Waals surface area contributed by atoms with Crippen LogP contribution in [0, 0.1) is 24.0 Å². The zero-order chi connectivity index (χ0) is 30.8. The molecule has 236 valence electrons. The molecule has 2 unspecified atom stereocenters. The van der Waals surface area contributed by atoms with Crippen molar-refractivity contribution in [2.75, 3.05) is 63.2 Å². The van der Waals surface area contributed by atoms with Crippen LogP contribution in [-0.4, -0.2) is 84.5 Å². The molecule has 2 bridgehead atoms. The predicted molar refractivity (Wildman–Crippen MR) is 153 cm³/mol. The highest BCUT2D eigenvalue weighted by Crippen LogP contribution is 2.47. The number of morpholine rings is 1. The van der Waals surface area contributed by atoms with Crippen LogP contribution in [0.1, 0.15) is 36.8 Å². The smallest absolute Gasteiger partial charge is 0.418 e. The highest BCUT2D eigenvalue weighted by molar-refractivity contribution is 5.94. The molecule has 9 nitrogen and oxygen atoms in total. The summed E-state index contributed by atoms with van der Waals surface area (Å²) in [6.45, 7) is 6.43.